The molecule has 0 radical (unpaired) electrons. The van der Waals surface area contributed by atoms with Gasteiger partial charge in [-0.05, 0) is 56.7 Å². The molecular weight excluding hydrogens is 364 g/mol. The Bertz CT molecular complexity index is 1010. The first-order valence-corrected chi connectivity index (χ1v) is 9.69. The first kappa shape index (κ1) is 18.9. The molecule has 7 heteroatoms. The zero-order valence-electron chi connectivity index (χ0n) is 16.8. The van der Waals surface area contributed by atoms with Gasteiger partial charge in [0.25, 0.3) is 0 Å². The summed E-state index contributed by atoms with van der Waals surface area (Å²) in [6.45, 7) is 4.84. The maximum absolute atomic E-state index is 13.2. The summed E-state index contributed by atoms with van der Waals surface area (Å²) in [5.41, 5.74) is 3.58. The van der Waals surface area contributed by atoms with Crippen LogP contribution in [-0.4, -0.2) is 40.6 Å². The Hall–Kier alpha value is -3.48. The second-order valence-electron chi connectivity index (χ2n) is 7.30. The molecule has 3 aromatic rings. The number of amides is 2. The molecule has 29 heavy (non-hydrogen) atoms. The monoisotopic (exact) mass is 388 g/mol. The lowest BCUT2D eigenvalue weighted by Crippen LogP contribution is -2.42. The number of pyridine rings is 3. The highest BCUT2D eigenvalue weighted by molar-refractivity contribution is 6.03. The maximum atomic E-state index is 13.2. The normalized spacial score (nSPS) is 16.2. The number of hydrogen-bond donors (Lipinski definition) is 1. The summed E-state index contributed by atoms with van der Waals surface area (Å²) in [7, 11) is 2.03. The van der Waals surface area contributed by atoms with Crippen LogP contribution in [0, 0.1) is 6.92 Å². The minimum Gasteiger partial charge on any atom is -0.372 e. The van der Waals surface area contributed by atoms with Gasteiger partial charge in [0, 0.05) is 43.3 Å². The quantitative estimate of drug-likeness (QED) is 0.715. The van der Waals surface area contributed by atoms with Gasteiger partial charge in [-0.1, -0.05) is 6.07 Å². The number of nitrogens with zero attached hydrogens (tertiary/aromatic N) is 5. The van der Waals surface area contributed by atoms with Crippen molar-refractivity contribution in [3.63, 3.8) is 0 Å². The fraction of sp³-hybridized carbons (Fsp3) is 0.273. The lowest BCUT2D eigenvalue weighted by molar-refractivity contribution is 0.255. The number of rotatable bonds is 2. The Kier molecular flexibility index (Phi) is 5.12. The van der Waals surface area contributed by atoms with Crippen LogP contribution in [0.1, 0.15) is 19.0 Å². The van der Waals surface area contributed by atoms with Crippen molar-refractivity contribution in [1.82, 2.24) is 15.0 Å². The van der Waals surface area contributed by atoms with Crippen molar-refractivity contribution >= 4 is 23.4 Å². The molecule has 0 aliphatic carbocycles. The van der Waals surface area contributed by atoms with Crippen LogP contribution in [0.25, 0.3) is 11.3 Å². The van der Waals surface area contributed by atoms with Crippen molar-refractivity contribution in [2.45, 2.75) is 26.3 Å². The summed E-state index contributed by atoms with van der Waals surface area (Å²) in [4.78, 5) is 30.5. The first-order chi connectivity index (χ1) is 14.0. The third kappa shape index (κ3) is 3.89. The van der Waals surface area contributed by atoms with Crippen molar-refractivity contribution in [1.29, 1.82) is 0 Å². The highest BCUT2D eigenvalue weighted by atomic mass is 16.2. The van der Waals surface area contributed by atoms with Gasteiger partial charge in [-0.15, -0.1) is 0 Å². The summed E-state index contributed by atoms with van der Waals surface area (Å²) in [6, 6.07) is 13.1. The van der Waals surface area contributed by atoms with Gasteiger partial charge >= 0.3 is 6.03 Å². The van der Waals surface area contributed by atoms with Crippen LogP contribution in [0.2, 0.25) is 0 Å². The van der Waals surface area contributed by atoms with E-state index in [1.165, 1.54) is 0 Å². The average Bonchev–Trinajstić information content (AvgIpc) is 2.85. The lowest BCUT2D eigenvalue weighted by atomic mass is 10.1. The molecule has 1 N–H and O–H groups in total. The molecule has 3 aromatic heterocycles. The Balaban J connectivity index is 1.75. The molecule has 0 saturated heterocycles. The van der Waals surface area contributed by atoms with Crippen molar-refractivity contribution in [3.05, 3.63) is 60.6 Å². The van der Waals surface area contributed by atoms with E-state index in [0.717, 1.165) is 35.6 Å². The van der Waals surface area contributed by atoms with Crippen LogP contribution in [0.4, 0.5) is 22.1 Å². The highest BCUT2D eigenvalue weighted by Crippen LogP contribution is 2.34. The number of carbonyl (C=O) groups is 1. The fourth-order valence-corrected chi connectivity index (χ4v) is 3.44. The molecule has 148 valence electrons. The van der Waals surface area contributed by atoms with Crippen molar-refractivity contribution in [2.24, 2.45) is 0 Å². The van der Waals surface area contributed by atoms with Gasteiger partial charge in [0.15, 0.2) is 5.82 Å². The summed E-state index contributed by atoms with van der Waals surface area (Å²) in [5.74, 6) is 1.16. The van der Waals surface area contributed by atoms with Gasteiger partial charge < -0.3 is 4.90 Å². The number of nitrogens with one attached hydrogen (secondary N) is 1. The van der Waals surface area contributed by atoms with Crippen LogP contribution in [0.3, 0.4) is 0 Å². The van der Waals surface area contributed by atoms with E-state index in [2.05, 4.69) is 20.2 Å². The molecule has 0 spiro atoms. The van der Waals surface area contributed by atoms with Crippen LogP contribution >= 0.6 is 0 Å². The Morgan fingerprint density at radius 2 is 2.00 bits per heavy atom. The molecule has 0 saturated carbocycles. The molecule has 1 aliphatic heterocycles. The molecule has 7 nitrogen and oxygen atoms in total. The molecule has 0 bridgehead atoms. The zero-order chi connectivity index (χ0) is 20.4. The van der Waals surface area contributed by atoms with E-state index in [0.29, 0.717) is 11.6 Å². The predicted octanol–water partition coefficient (Wildman–Crippen LogP) is 4.11. The number of aromatic nitrogens is 3. The molecule has 0 aromatic carbocycles. The molecule has 0 unspecified atom stereocenters. The zero-order valence-corrected chi connectivity index (χ0v) is 16.8. The Morgan fingerprint density at radius 3 is 2.72 bits per heavy atom. The second kappa shape index (κ2) is 7.87. The number of hydrogen-bond acceptors (Lipinski definition) is 5. The lowest BCUT2D eigenvalue weighted by Gasteiger charge is -2.27. The second-order valence-corrected chi connectivity index (χ2v) is 7.30. The van der Waals surface area contributed by atoms with Gasteiger partial charge in [-0.25, -0.2) is 14.8 Å². The van der Waals surface area contributed by atoms with Crippen LogP contribution in [0.5, 0.6) is 0 Å². The SMILES string of the molecule is Cc1ccc(-c2ccc3c(n2)N(C(=O)Nc2ccccn2)[C@H](C)CCN3C)cn1. The summed E-state index contributed by atoms with van der Waals surface area (Å²) < 4.78 is 0. The van der Waals surface area contributed by atoms with E-state index < -0.39 is 0 Å². The third-order valence-corrected chi connectivity index (χ3v) is 5.14. The van der Waals surface area contributed by atoms with Crippen molar-refractivity contribution in [2.75, 3.05) is 28.7 Å². The van der Waals surface area contributed by atoms with E-state index in [-0.39, 0.29) is 12.1 Å². The van der Waals surface area contributed by atoms with Gasteiger partial charge in [0.05, 0.1) is 11.4 Å². The van der Waals surface area contributed by atoms with Gasteiger partial charge in [-0.2, -0.15) is 0 Å². The average molecular weight is 388 g/mol. The van der Waals surface area contributed by atoms with E-state index in [1.807, 2.05) is 63.5 Å². The number of fused-ring (bicyclic) bond motifs is 1. The van der Waals surface area contributed by atoms with Crippen molar-refractivity contribution in [3.8, 4) is 11.3 Å². The molecule has 4 heterocycles. The largest absolute Gasteiger partial charge is 0.372 e. The van der Waals surface area contributed by atoms with Gasteiger partial charge in [-0.3, -0.25) is 15.2 Å². The number of carbonyl (C=O) groups excluding carboxylic acids is 1. The summed E-state index contributed by atoms with van der Waals surface area (Å²) in [5, 5.41) is 2.90. The Morgan fingerprint density at radius 1 is 1.14 bits per heavy atom. The van der Waals surface area contributed by atoms with Crippen LogP contribution < -0.4 is 15.1 Å². The maximum Gasteiger partial charge on any atom is 0.328 e. The van der Waals surface area contributed by atoms with Crippen molar-refractivity contribution < 1.29 is 4.79 Å². The number of aryl methyl sites for hydroxylation is 1. The molecular formula is C22H24N6O. The number of urea groups is 1. The van der Waals surface area contributed by atoms with E-state index in [4.69, 9.17) is 4.98 Å². The molecule has 1 atom stereocenters. The third-order valence-electron chi connectivity index (χ3n) is 5.14. The van der Waals surface area contributed by atoms with Gasteiger partial charge in [0.1, 0.15) is 5.82 Å². The topological polar surface area (TPSA) is 74.2 Å². The fourth-order valence-electron chi connectivity index (χ4n) is 3.44. The molecule has 0 fully saturated rings. The number of anilines is 3. The van der Waals surface area contributed by atoms with E-state index in [1.54, 1.807) is 17.2 Å². The standard InChI is InChI=1S/C22H24N6O/c1-15-7-8-17(14-24-15)18-9-10-19-21(25-18)28(16(2)11-13-27(19)3)22(29)26-20-6-4-5-12-23-20/h4-10,12,14,16H,11,13H2,1-3H3,(H,23,26,29)/t16-/m1/s1. The summed E-state index contributed by atoms with van der Waals surface area (Å²) in [6.07, 6.45) is 4.31. The minimum atomic E-state index is -0.237. The highest BCUT2D eigenvalue weighted by Gasteiger charge is 2.30. The van der Waals surface area contributed by atoms with Gasteiger partial charge in [0.2, 0.25) is 0 Å². The van der Waals surface area contributed by atoms with Crippen LogP contribution in [0.15, 0.2) is 54.9 Å². The minimum absolute atomic E-state index is 0.0127. The Labute approximate surface area is 170 Å². The molecule has 4 rings (SSSR count). The van der Waals surface area contributed by atoms with E-state index >= 15 is 0 Å². The van der Waals surface area contributed by atoms with Crippen LogP contribution in [-0.2, 0) is 0 Å². The van der Waals surface area contributed by atoms with E-state index in [9.17, 15) is 4.79 Å². The molecule has 1 aliphatic rings. The smallest absolute Gasteiger partial charge is 0.328 e. The first-order valence-electron chi connectivity index (χ1n) is 9.69. The summed E-state index contributed by atoms with van der Waals surface area (Å²) >= 11 is 0. The predicted molar refractivity (Wildman–Crippen MR) is 115 cm³/mol. The molecule has 2 amide bonds.